The molecule has 1 fully saturated rings. The van der Waals surface area contributed by atoms with Crippen molar-refractivity contribution in [3.05, 3.63) is 30.3 Å². The van der Waals surface area contributed by atoms with E-state index < -0.39 is 0 Å². The molecule has 0 bridgehead atoms. The van der Waals surface area contributed by atoms with Gasteiger partial charge in [-0.05, 0) is 29.5 Å². The Balaban J connectivity index is 1.65. The van der Waals surface area contributed by atoms with Gasteiger partial charge in [-0.25, -0.2) is 0 Å². The summed E-state index contributed by atoms with van der Waals surface area (Å²) >= 11 is 0. The molecule has 2 unspecified atom stereocenters. The maximum atomic E-state index is 5.76. The summed E-state index contributed by atoms with van der Waals surface area (Å²) in [5.74, 6) is 0. The van der Waals surface area contributed by atoms with Crippen LogP contribution < -0.4 is 10.1 Å². The standard InChI is InChI=1S/C13H17N5O2/c1-10-7-14-8-12(20-10)9-19-13-15-16-17-18(13)11-5-3-2-4-6-11/h2-6,10,12,14H,7-9H2,1H3. The molecule has 20 heavy (non-hydrogen) atoms. The fraction of sp³-hybridized carbons (Fsp3) is 0.462. The van der Waals surface area contributed by atoms with Crippen molar-refractivity contribution >= 4 is 0 Å². The van der Waals surface area contributed by atoms with E-state index in [1.54, 1.807) is 4.68 Å². The molecular formula is C13H17N5O2. The molecule has 1 aromatic carbocycles. The predicted octanol–water partition coefficient (Wildman–Crippen LogP) is 0.418. The first kappa shape index (κ1) is 13.0. The second-order valence-electron chi connectivity index (χ2n) is 4.75. The van der Waals surface area contributed by atoms with Crippen LogP contribution in [0.15, 0.2) is 30.3 Å². The minimum absolute atomic E-state index is 0.0136. The Labute approximate surface area is 116 Å². The van der Waals surface area contributed by atoms with Crippen molar-refractivity contribution in [3.63, 3.8) is 0 Å². The maximum Gasteiger partial charge on any atom is 0.340 e. The van der Waals surface area contributed by atoms with Crippen molar-refractivity contribution in [2.45, 2.75) is 19.1 Å². The molecule has 0 radical (unpaired) electrons. The van der Waals surface area contributed by atoms with Gasteiger partial charge in [-0.3, -0.25) is 0 Å². The van der Waals surface area contributed by atoms with E-state index in [-0.39, 0.29) is 12.2 Å². The van der Waals surface area contributed by atoms with E-state index in [0.29, 0.717) is 12.6 Å². The number of aromatic nitrogens is 4. The van der Waals surface area contributed by atoms with E-state index in [4.69, 9.17) is 9.47 Å². The van der Waals surface area contributed by atoms with Crippen LogP contribution in [0.4, 0.5) is 0 Å². The fourth-order valence-corrected chi connectivity index (χ4v) is 2.14. The van der Waals surface area contributed by atoms with Crippen molar-refractivity contribution in [3.8, 4) is 11.7 Å². The smallest absolute Gasteiger partial charge is 0.340 e. The van der Waals surface area contributed by atoms with E-state index in [1.165, 1.54) is 0 Å². The molecular weight excluding hydrogens is 258 g/mol. The molecule has 1 N–H and O–H groups in total. The van der Waals surface area contributed by atoms with Crippen molar-refractivity contribution in [1.82, 2.24) is 25.5 Å². The molecule has 7 nitrogen and oxygen atoms in total. The lowest BCUT2D eigenvalue weighted by Gasteiger charge is -2.28. The van der Waals surface area contributed by atoms with Gasteiger partial charge in [-0.1, -0.05) is 23.3 Å². The minimum atomic E-state index is 0.0136. The summed E-state index contributed by atoms with van der Waals surface area (Å²) in [6.07, 6.45) is 0.210. The SMILES string of the molecule is CC1CNCC(COc2nnnn2-c2ccccc2)O1. The third-order valence-electron chi connectivity index (χ3n) is 3.07. The number of hydrogen-bond acceptors (Lipinski definition) is 6. The number of rotatable bonds is 4. The zero-order valence-electron chi connectivity index (χ0n) is 11.3. The molecule has 0 aliphatic carbocycles. The molecule has 2 atom stereocenters. The normalized spacial score (nSPS) is 22.6. The van der Waals surface area contributed by atoms with E-state index in [1.807, 2.05) is 37.3 Å². The largest absolute Gasteiger partial charge is 0.459 e. The zero-order valence-corrected chi connectivity index (χ0v) is 11.3. The topological polar surface area (TPSA) is 74.1 Å². The number of hydrogen-bond donors (Lipinski definition) is 1. The Hall–Kier alpha value is -1.99. The highest BCUT2D eigenvalue weighted by Gasteiger charge is 2.20. The van der Waals surface area contributed by atoms with Crippen LogP contribution in [0.25, 0.3) is 5.69 Å². The highest BCUT2D eigenvalue weighted by atomic mass is 16.5. The Morgan fingerprint density at radius 2 is 2.20 bits per heavy atom. The van der Waals surface area contributed by atoms with Crippen molar-refractivity contribution in [2.24, 2.45) is 0 Å². The summed E-state index contributed by atoms with van der Waals surface area (Å²) in [5.41, 5.74) is 0.864. The summed E-state index contributed by atoms with van der Waals surface area (Å²) in [7, 11) is 0. The molecule has 0 spiro atoms. The van der Waals surface area contributed by atoms with Crippen LogP contribution in [-0.4, -0.2) is 52.1 Å². The summed E-state index contributed by atoms with van der Waals surface area (Å²) in [6, 6.07) is 10.0. The van der Waals surface area contributed by atoms with E-state index >= 15 is 0 Å². The van der Waals surface area contributed by atoms with Gasteiger partial charge < -0.3 is 14.8 Å². The van der Waals surface area contributed by atoms with Crippen LogP contribution in [0.3, 0.4) is 0 Å². The van der Waals surface area contributed by atoms with Crippen LogP contribution >= 0.6 is 0 Å². The molecule has 1 saturated heterocycles. The number of morpholine rings is 1. The minimum Gasteiger partial charge on any atom is -0.459 e. The van der Waals surface area contributed by atoms with Gasteiger partial charge in [-0.15, -0.1) is 0 Å². The summed E-state index contributed by atoms with van der Waals surface area (Å²) in [6.45, 7) is 4.10. The molecule has 3 rings (SSSR count). The molecule has 2 heterocycles. The Morgan fingerprint density at radius 3 is 3.00 bits per heavy atom. The number of tetrazole rings is 1. The van der Waals surface area contributed by atoms with Crippen LogP contribution in [0.1, 0.15) is 6.92 Å². The van der Waals surface area contributed by atoms with Crippen LogP contribution in [0, 0.1) is 0 Å². The van der Waals surface area contributed by atoms with Gasteiger partial charge in [-0.2, -0.15) is 4.68 Å². The molecule has 106 valence electrons. The maximum absolute atomic E-state index is 5.76. The summed E-state index contributed by atoms with van der Waals surface area (Å²) in [4.78, 5) is 0. The first-order valence-electron chi connectivity index (χ1n) is 6.65. The number of ether oxygens (including phenoxy) is 2. The highest BCUT2D eigenvalue weighted by molar-refractivity contribution is 5.31. The Kier molecular flexibility index (Phi) is 3.89. The number of nitrogens with zero attached hydrogens (tertiary/aromatic N) is 4. The lowest BCUT2D eigenvalue weighted by Crippen LogP contribution is -2.46. The second kappa shape index (κ2) is 5.98. The number of para-hydroxylation sites is 1. The molecule has 2 aromatic rings. The average molecular weight is 275 g/mol. The predicted molar refractivity (Wildman–Crippen MR) is 71.9 cm³/mol. The summed E-state index contributed by atoms with van der Waals surface area (Å²) < 4.78 is 13.0. The van der Waals surface area contributed by atoms with Gasteiger partial charge in [0.1, 0.15) is 12.7 Å². The molecule has 0 amide bonds. The fourth-order valence-electron chi connectivity index (χ4n) is 2.14. The highest BCUT2D eigenvalue weighted by Crippen LogP contribution is 2.13. The third-order valence-corrected chi connectivity index (χ3v) is 3.07. The Morgan fingerprint density at radius 1 is 1.35 bits per heavy atom. The monoisotopic (exact) mass is 275 g/mol. The Bertz CT molecular complexity index is 545. The second-order valence-corrected chi connectivity index (χ2v) is 4.75. The van der Waals surface area contributed by atoms with Gasteiger partial charge in [0.2, 0.25) is 0 Å². The average Bonchev–Trinajstić information content (AvgIpc) is 2.95. The lowest BCUT2D eigenvalue weighted by molar-refractivity contribution is -0.0486. The van der Waals surface area contributed by atoms with E-state index in [2.05, 4.69) is 20.8 Å². The molecule has 1 aliphatic rings. The number of nitrogens with one attached hydrogen (secondary N) is 1. The van der Waals surface area contributed by atoms with Crippen molar-refractivity contribution in [1.29, 1.82) is 0 Å². The van der Waals surface area contributed by atoms with Crippen molar-refractivity contribution < 1.29 is 9.47 Å². The van der Waals surface area contributed by atoms with Gasteiger partial charge in [0.05, 0.1) is 11.8 Å². The van der Waals surface area contributed by atoms with E-state index in [0.717, 1.165) is 18.8 Å². The molecule has 1 aliphatic heterocycles. The lowest BCUT2D eigenvalue weighted by atomic mass is 10.2. The first-order valence-corrected chi connectivity index (χ1v) is 6.65. The van der Waals surface area contributed by atoms with Gasteiger partial charge >= 0.3 is 6.01 Å². The van der Waals surface area contributed by atoms with Crippen LogP contribution in [0.2, 0.25) is 0 Å². The van der Waals surface area contributed by atoms with Gasteiger partial charge in [0.25, 0.3) is 0 Å². The molecule has 0 saturated carbocycles. The first-order chi connectivity index (χ1) is 9.83. The molecule has 7 heteroatoms. The molecule has 1 aromatic heterocycles. The quantitative estimate of drug-likeness (QED) is 0.871. The number of benzene rings is 1. The van der Waals surface area contributed by atoms with Crippen LogP contribution in [0.5, 0.6) is 6.01 Å². The van der Waals surface area contributed by atoms with E-state index in [9.17, 15) is 0 Å². The zero-order chi connectivity index (χ0) is 13.8. The third kappa shape index (κ3) is 2.94. The van der Waals surface area contributed by atoms with Gasteiger partial charge in [0.15, 0.2) is 0 Å². The summed E-state index contributed by atoms with van der Waals surface area (Å²) in [5, 5.41) is 14.8. The van der Waals surface area contributed by atoms with Crippen molar-refractivity contribution in [2.75, 3.05) is 19.7 Å². The van der Waals surface area contributed by atoms with Crippen LogP contribution in [-0.2, 0) is 4.74 Å². The van der Waals surface area contributed by atoms with Gasteiger partial charge in [0, 0.05) is 13.1 Å².